The van der Waals surface area contributed by atoms with Gasteiger partial charge in [0.05, 0.1) is 38.8 Å². The molecule has 6 heteroatoms. The van der Waals surface area contributed by atoms with Crippen molar-refractivity contribution in [3.05, 3.63) is 12.1 Å². The minimum Gasteiger partial charge on any atom is -0.494 e. The third-order valence-electron chi connectivity index (χ3n) is 2.38. The Morgan fingerprint density at radius 2 is 1.33 bits per heavy atom. The van der Waals surface area contributed by atoms with Crippen molar-refractivity contribution in [3.8, 4) is 11.5 Å². The number of ether oxygens (including phenoxy) is 2. The van der Waals surface area contributed by atoms with E-state index in [-0.39, 0.29) is 13.2 Å². The zero-order valence-corrected chi connectivity index (χ0v) is 10.7. The van der Waals surface area contributed by atoms with Crippen molar-refractivity contribution >= 4 is 11.4 Å². The van der Waals surface area contributed by atoms with Crippen molar-refractivity contribution in [1.29, 1.82) is 0 Å². The highest BCUT2D eigenvalue weighted by atomic mass is 16.5. The van der Waals surface area contributed by atoms with Gasteiger partial charge in [-0.3, -0.25) is 0 Å². The zero-order chi connectivity index (χ0) is 13.4. The Morgan fingerprint density at radius 1 is 0.889 bits per heavy atom. The summed E-state index contributed by atoms with van der Waals surface area (Å²) in [5, 5.41) is 23.7. The summed E-state index contributed by atoms with van der Waals surface area (Å²) in [7, 11) is 3.14. The van der Waals surface area contributed by atoms with Crippen molar-refractivity contribution in [3.63, 3.8) is 0 Å². The Balaban J connectivity index is 2.99. The molecular weight excluding hydrogens is 236 g/mol. The van der Waals surface area contributed by atoms with Crippen LogP contribution in [0.3, 0.4) is 0 Å². The molecule has 0 saturated heterocycles. The fraction of sp³-hybridized carbons (Fsp3) is 0.500. The summed E-state index contributed by atoms with van der Waals surface area (Å²) < 4.78 is 10.5. The number of rotatable bonds is 8. The second-order valence-electron chi connectivity index (χ2n) is 3.55. The van der Waals surface area contributed by atoms with Crippen molar-refractivity contribution in [2.75, 3.05) is 51.2 Å². The normalized spacial score (nSPS) is 10.0. The highest BCUT2D eigenvalue weighted by Gasteiger charge is 2.10. The zero-order valence-electron chi connectivity index (χ0n) is 10.7. The maximum atomic E-state index is 8.83. The van der Waals surface area contributed by atoms with E-state index >= 15 is 0 Å². The Labute approximate surface area is 107 Å². The number of hydrogen-bond donors (Lipinski definition) is 4. The van der Waals surface area contributed by atoms with Gasteiger partial charge in [0.25, 0.3) is 0 Å². The predicted molar refractivity (Wildman–Crippen MR) is 70.7 cm³/mol. The van der Waals surface area contributed by atoms with Crippen LogP contribution in [-0.4, -0.2) is 50.7 Å². The Hall–Kier alpha value is -1.66. The van der Waals surface area contributed by atoms with Gasteiger partial charge in [-0.2, -0.15) is 0 Å². The third kappa shape index (κ3) is 3.68. The molecule has 0 spiro atoms. The van der Waals surface area contributed by atoms with Gasteiger partial charge in [-0.15, -0.1) is 0 Å². The second kappa shape index (κ2) is 7.62. The Morgan fingerprint density at radius 3 is 1.67 bits per heavy atom. The van der Waals surface area contributed by atoms with E-state index in [1.54, 1.807) is 20.3 Å². The molecule has 1 aromatic carbocycles. The number of benzene rings is 1. The molecule has 0 unspecified atom stereocenters. The molecule has 102 valence electrons. The molecule has 4 N–H and O–H groups in total. The van der Waals surface area contributed by atoms with E-state index in [2.05, 4.69) is 10.6 Å². The van der Waals surface area contributed by atoms with Gasteiger partial charge in [-0.25, -0.2) is 0 Å². The number of aliphatic hydroxyl groups is 2. The van der Waals surface area contributed by atoms with E-state index in [0.29, 0.717) is 24.6 Å². The van der Waals surface area contributed by atoms with Crippen LogP contribution in [0.4, 0.5) is 11.4 Å². The number of hydrogen-bond acceptors (Lipinski definition) is 6. The van der Waals surface area contributed by atoms with Crippen LogP contribution in [-0.2, 0) is 0 Å². The molecule has 1 aromatic rings. The van der Waals surface area contributed by atoms with Gasteiger partial charge < -0.3 is 30.3 Å². The van der Waals surface area contributed by atoms with Gasteiger partial charge in [0.1, 0.15) is 11.5 Å². The molecule has 0 aliphatic rings. The van der Waals surface area contributed by atoms with E-state index in [1.165, 1.54) is 0 Å². The highest BCUT2D eigenvalue weighted by Crippen LogP contribution is 2.36. The maximum absolute atomic E-state index is 8.83. The van der Waals surface area contributed by atoms with Crippen LogP contribution in [0.5, 0.6) is 11.5 Å². The second-order valence-corrected chi connectivity index (χ2v) is 3.55. The molecule has 0 fully saturated rings. The summed E-state index contributed by atoms with van der Waals surface area (Å²) in [5.74, 6) is 1.27. The summed E-state index contributed by atoms with van der Waals surface area (Å²) in [6, 6.07) is 3.57. The fourth-order valence-electron chi connectivity index (χ4n) is 1.56. The van der Waals surface area contributed by atoms with E-state index in [1.807, 2.05) is 6.07 Å². The lowest BCUT2D eigenvalue weighted by Crippen LogP contribution is -2.10. The molecule has 0 amide bonds. The molecule has 18 heavy (non-hydrogen) atoms. The summed E-state index contributed by atoms with van der Waals surface area (Å²) >= 11 is 0. The van der Waals surface area contributed by atoms with Crippen LogP contribution in [0, 0.1) is 0 Å². The highest BCUT2D eigenvalue weighted by molar-refractivity contribution is 5.71. The van der Waals surface area contributed by atoms with Crippen LogP contribution >= 0.6 is 0 Å². The molecule has 0 saturated carbocycles. The lowest BCUT2D eigenvalue weighted by Gasteiger charge is -2.16. The largest absolute Gasteiger partial charge is 0.494 e. The Kier molecular flexibility index (Phi) is 6.10. The van der Waals surface area contributed by atoms with Crippen molar-refractivity contribution in [1.82, 2.24) is 0 Å². The molecule has 0 bridgehead atoms. The molecular formula is C12H20N2O4. The van der Waals surface area contributed by atoms with Gasteiger partial charge in [-0.1, -0.05) is 0 Å². The van der Waals surface area contributed by atoms with Crippen LogP contribution in [0.15, 0.2) is 12.1 Å². The number of anilines is 2. The Bertz CT molecular complexity index is 340. The van der Waals surface area contributed by atoms with Gasteiger partial charge in [0.2, 0.25) is 0 Å². The first-order valence-electron chi connectivity index (χ1n) is 5.72. The first-order chi connectivity index (χ1) is 8.76. The summed E-state index contributed by atoms with van der Waals surface area (Å²) in [4.78, 5) is 0. The summed E-state index contributed by atoms with van der Waals surface area (Å²) in [6.07, 6.45) is 0. The minimum atomic E-state index is 0.0363. The van der Waals surface area contributed by atoms with Crippen LogP contribution in [0.1, 0.15) is 0 Å². The topological polar surface area (TPSA) is 83.0 Å². The van der Waals surface area contributed by atoms with Crippen molar-refractivity contribution in [2.24, 2.45) is 0 Å². The molecule has 0 heterocycles. The molecule has 6 nitrogen and oxygen atoms in total. The SMILES string of the molecule is COc1cc(OC)c(NCCO)cc1NCCO. The first-order valence-corrected chi connectivity index (χ1v) is 5.72. The first kappa shape index (κ1) is 14.4. The van der Waals surface area contributed by atoms with E-state index in [9.17, 15) is 0 Å². The van der Waals surface area contributed by atoms with Gasteiger partial charge in [0, 0.05) is 19.2 Å². The number of aliphatic hydroxyl groups excluding tert-OH is 2. The lowest BCUT2D eigenvalue weighted by atomic mass is 10.2. The van der Waals surface area contributed by atoms with Gasteiger partial charge in [0.15, 0.2) is 0 Å². The third-order valence-corrected chi connectivity index (χ3v) is 2.38. The summed E-state index contributed by atoms with van der Waals surface area (Å²) in [6.45, 7) is 0.938. The van der Waals surface area contributed by atoms with Gasteiger partial charge >= 0.3 is 0 Å². The van der Waals surface area contributed by atoms with Crippen LogP contribution in [0.25, 0.3) is 0 Å². The molecule has 0 aliphatic carbocycles. The average Bonchev–Trinajstić information content (AvgIpc) is 2.42. The van der Waals surface area contributed by atoms with E-state index in [4.69, 9.17) is 19.7 Å². The fourth-order valence-corrected chi connectivity index (χ4v) is 1.56. The van der Waals surface area contributed by atoms with Crippen LogP contribution < -0.4 is 20.1 Å². The minimum absolute atomic E-state index is 0.0363. The lowest BCUT2D eigenvalue weighted by molar-refractivity contribution is 0.311. The van der Waals surface area contributed by atoms with Crippen molar-refractivity contribution in [2.45, 2.75) is 0 Å². The average molecular weight is 256 g/mol. The quantitative estimate of drug-likeness (QED) is 0.542. The molecule has 0 aliphatic heterocycles. The number of nitrogens with one attached hydrogen (secondary N) is 2. The monoisotopic (exact) mass is 256 g/mol. The molecule has 0 aromatic heterocycles. The smallest absolute Gasteiger partial charge is 0.145 e. The van der Waals surface area contributed by atoms with E-state index in [0.717, 1.165) is 11.4 Å². The molecule has 0 atom stereocenters. The van der Waals surface area contributed by atoms with Gasteiger partial charge in [-0.05, 0) is 6.07 Å². The van der Waals surface area contributed by atoms with E-state index < -0.39 is 0 Å². The standard InChI is InChI=1S/C12H20N2O4/c1-17-11-8-12(18-2)10(14-4-6-16)7-9(11)13-3-5-15/h7-8,13-16H,3-6H2,1-2H3. The van der Waals surface area contributed by atoms with Crippen LogP contribution in [0.2, 0.25) is 0 Å². The number of methoxy groups -OCH3 is 2. The molecule has 0 radical (unpaired) electrons. The molecule has 1 rings (SSSR count). The maximum Gasteiger partial charge on any atom is 0.145 e. The predicted octanol–water partition coefficient (Wildman–Crippen LogP) is 0.512. The summed E-state index contributed by atoms with van der Waals surface area (Å²) in [5.41, 5.74) is 1.51. The van der Waals surface area contributed by atoms with Crippen molar-refractivity contribution < 1.29 is 19.7 Å².